The lowest BCUT2D eigenvalue weighted by molar-refractivity contribution is 0.0954. The minimum atomic E-state index is -0.134. The number of halogens is 1. The van der Waals surface area contributed by atoms with Crippen molar-refractivity contribution in [1.29, 1.82) is 0 Å². The van der Waals surface area contributed by atoms with Crippen LogP contribution in [-0.4, -0.2) is 24.0 Å². The SMILES string of the molecule is CCNc1cc(C(=O)NCCc2cccs2)cc(Cl)n1. The Balaban J connectivity index is 1.94. The van der Waals surface area contributed by atoms with Crippen LogP contribution in [0.4, 0.5) is 5.82 Å². The fourth-order valence-electron chi connectivity index (χ4n) is 1.76. The van der Waals surface area contributed by atoms with E-state index in [0.717, 1.165) is 13.0 Å². The Morgan fingerprint density at radius 1 is 1.45 bits per heavy atom. The van der Waals surface area contributed by atoms with Crippen LogP contribution >= 0.6 is 22.9 Å². The fourth-order valence-corrected chi connectivity index (χ4v) is 2.67. The van der Waals surface area contributed by atoms with E-state index in [1.165, 1.54) is 4.88 Å². The molecule has 0 saturated carbocycles. The second kappa shape index (κ2) is 7.26. The first kappa shape index (κ1) is 14.8. The van der Waals surface area contributed by atoms with Gasteiger partial charge in [-0.15, -0.1) is 11.3 Å². The van der Waals surface area contributed by atoms with Crippen molar-refractivity contribution in [2.24, 2.45) is 0 Å². The maximum Gasteiger partial charge on any atom is 0.251 e. The zero-order valence-electron chi connectivity index (χ0n) is 11.1. The van der Waals surface area contributed by atoms with Crippen molar-refractivity contribution in [2.45, 2.75) is 13.3 Å². The molecule has 0 aliphatic rings. The predicted molar refractivity (Wildman–Crippen MR) is 83.8 cm³/mol. The Morgan fingerprint density at radius 2 is 2.30 bits per heavy atom. The molecule has 1 amide bonds. The summed E-state index contributed by atoms with van der Waals surface area (Å²) in [6.45, 7) is 3.30. The molecule has 2 N–H and O–H groups in total. The van der Waals surface area contributed by atoms with Gasteiger partial charge in [-0.1, -0.05) is 17.7 Å². The highest BCUT2D eigenvalue weighted by molar-refractivity contribution is 7.09. The standard InChI is InChI=1S/C14H16ClN3OS/c1-2-16-13-9-10(8-12(15)18-13)14(19)17-6-5-11-4-3-7-20-11/h3-4,7-9H,2,5-6H2,1H3,(H,16,18)(H,17,19). The molecule has 106 valence electrons. The number of pyridine rings is 1. The van der Waals surface area contributed by atoms with E-state index in [-0.39, 0.29) is 5.91 Å². The second-order valence-electron chi connectivity index (χ2n) is 4.18. The first-order valence-corrected chi connectivity index (χ1v) is 7.67. The third-order valence-electron chi connectivity index (χ3n) is 2.65. The lowest BCUT2D eigenvalue weighted by Gasteiger charge is -2.07. The molecule has 0 aromatic carbocycles. The van der Waals surface area contributed by atoms with Crippen LogP contribution in [0.1, 0.15) is 22.2 Å². The molecule has 0 bridgehead atoms. The van der Waals surface area contributed by atoms with Gasteiger partial charge in [0, 0.05) is 23.5 Å². The van der Waals surface area contributed by atoms with Gasteiger partial charge in [-0.25, -0.2) is 4.98 Å². The Hall–Kier alpha value is -1.59. The Bertz CT molecular complexity index is 572. The predicted octanol–water partition coefficient (Wildman–Crippen LogP) is 3.20. The maximum atomic E-state index is 12.1. The number of carbonyl (C=O) groups excluding carboxylic acids is 1. The van der Waals surface area contributed by atoms with Crippen molar-refractivity contribution in [3.05, 3.63) is 45.2 Å². The van der Waals surface area contributed by atoms with Gasteiger partial charge in [0.2, 0.25) is 0 Å². The van der Waals surface area contributed by atoms with Crippen molar-refractivity contribution in [3.63, 3.8) is 0 Å². The molecule has 0 radical (unpaired) electrons. The lowest BCUT2D eigenvalue weighted by atomic mass is 10.2. The van der Waals surface area contributed by atoms with Crippen LogP contribution in [0.25, 0.3) is 0 Å². The molecule has 20 heavy (non-hydrogen) atoms. The van der Waals surface area contributed by atoms with Crippen molar-refractivity contribution in [2.75, 3.05) is 18.4 Å². The van der Waals surface area contributed by atoms with Crippen LogP contribution in [0.2, 0.25) is 5.15 Å². The van der Waals surface area contributed by atoms with Crippen LogP contribution in [0.3, 0.4) is 0 Å². The largest absolute Gasteiger partial charge is 0.370 e. The smallest absolute Gasteiger partial charge is 0.251 e. The molecule has 2 heterocycles. The van der Waals surface area contributed by atoms with E-state index in [1.54, 1.807) is 23.5 Å². The van der Waals surface area contributed by atoms with E-state index >= 15 is 0 Å². The molecular weight excluding hydrogens is 294 g/mol. The number of nitrogens with one attached hydrogen (secondary N) is 2. The van der Waals surface area contributed by atoms with Gasteiger partial charge in [0.05, 0.1) is 0 Å². The number of hydrogen-bond donors (Lipinski definition) is 2. The van der Waals surface area contributed by atoms with Crippen LogP contribution in [0.5, 0.6) is 0 Å². The first-order valence-electron chi connectivity index (χ1n) is 6.41. The summed E-state index contributed by atoms with van der Waals surface area (Å²) in [6, 6.07) is 7.34. The van der Waals surface area contributed by atoms with E-state index in [4.69, 9.17) is 11.6 Å². The molecule has 0 atom stereocenters. The summed E-state index contributed by atoms with van der Waals surface area (Å²) in [4.78, 5) is 17.4. The molecule has 6 heteroatoms. The zero-order valence-corrected chi connectivity index (χ0v) is 12.7. The van der Waals surface area contributed by atoms with E-state index in [1.807, 2.05) is 18.4 Å². The van der Waals surface area contributed by atoms with Crippen molar-refractivity contribution < 1.29 is 4.79 Å². The van der Waals surface area contributed by atoms with Gasteiger partial charge in [-0.3, -0.25) is 4.79 Å². The van der Waals surface area contributed by atoms with E-state index in [2.05, 4.69) is 21.7 Å². The molecule has 4 nitrogen and oxygen atoms in total. The number of thiophene rings is 1. The minimum absolute atomic E-state index is 0.134. The average molecular weight is 310 g/mol. The lowest BCUT2D eigenvalue weighted by Crippen LogP contribution is -2.25. The van der Waals surface area contributed by atoms with Gasteiger partial charge >= 0.3 is 0 Å². The number of aromatic nitrogens is 1. The number of carbonyl (C=O) groups is 1. The molecule has 0 saturated heterocycles. The summed E-state index contributed by atoms with van der Waals surface area (Å²) in [5, 5.41) is 8.28. The Labute approximate surface area is 127 Å². The zero-order chi connectivity index (χ0) is 14.4. The Kier molecular flexibility index (Phi) is 5.38. The maximum absolute atomic E-state index is 12.1. The van der Waals surface area contributed by atoms with Gasteiger partial charge in [-0.05, 0) is 36.9 Å². The molecule has 0 fully saturated rings. The number of amides is 1. The van der Waals surface area contributed by atoms with Crippen LogP contribution in [0.15, 0.2) is 29.6 Å². The number of rotatable bonds is 6. The van der Waals surface area contributed by atoms with Gasteiger partial charge in [0.1, 0.15) is 11.0 Å². The summed E-state index contributed by atoms with van der Waals surface area (Å²) in [6.07, 6.45) is 0.836. The Morgan fingerprint density at radius 3 is 3.00 bits per heavy atom. The minimum Gasteiger partial charge on any atom is -0.370 e. The third kappa shape index (κ3) is 4.21. The molecule has 0 unspecified atom stereocenters. The summed E-state index contributed by atoms with van der Waals surface area (Å²) in [5.41, 5.74) is 0.520. The van der Waals surface area contributed by atoms with Gasteiger partial charge in [0.15, 0.2) is 0 Å². The van der Waals surface area contributed by atoms with Gasteiger partial charge < -0.3 is 10.6 Å². The first-order chi connectivity index (χ1) is 9.69. The average Bonchev–Trinajstić information content (AvgIpc) is 2.91. The van der Waals surface area contributed by atoms with Gasteiger partial charge in [0.25, 0.3) is 5.91 Å². The molecule has 2 aromatic heterocycles. The van der Waals surface area contributed by atoms with Crippen molar-refractivity contribution in [1.82, 2.24) is 10.3 Å². The number of anilines is 1. The number of nitrogens with zero attached hydrogens (tertiary/aromatic N) is 1. The summed E-state index contributed by atoms with van der Waals surface area (Å²) in [7, 11) is 0. The quantitative estimate of drug-likeness (QED) is 0.806. The molecule has 0 spiro atoms. The summed E-state index contributed by atoms with van der Waals surface area (Å²) >= 11 is 7.61. The summed E-state index contributed by atoms with van der Waals surface area (Å²) in [5.74, 6) is 0.480. The molecule has 0 aliphatic heterocycles. The monoisotopic (exact) mass is 309 g/mol. The van der Waals surface area contributed by atoms with E-state index < -0.39 is 0 Å². The molecule has 2 rings (SSSR count). The van der Waals surface area contributed by atoms with E-state index in [0.29, 0.717) is 23.1 Å². The molecule has 0 aliphatic carbocycles. The third-order valence-corrected chi connectivity index (χ3v) is 3.78. The van der Waals surface area contributed by atoms with Crippen LogP contribution < -0.4 is 10.6 Å². The van der Waals surface area contributed by atoms with E-state index in [9.17, 15) is 4.79 Å². The van der Waals surface area contributed by atoms with Gasteiger partial charge in [-0.2, -0.15) is 0 Å². The molecule has 2 aromatic rings. The highest BCUT2D eigenvalue weighted by atomic mass is 35.5. The normalized spacial score (nSPS) is 10.3. The topological polar surface area (TPSA) is 54.0 Å². The van der Waals surface area contributed by atoms with Crippen molar-refractivity contribution >= 4 is 34.7 Å². The van der Waals surface area contributed by atoms with Crippen LogP contribution in [-0.2, 0) is 6.42 Å². The summed E-state index contributed by atoms with van der Waals surface area (Å²) < 4.78 is 0. The molecular formula is C14H16ClN3OS. The highest BCUT2D eigenvalue weighted by Crippen LogP contribution is 2.14. The highest BCUT2D eigenvalue weighted by Gasteiger charge is 2.08. The number of hydrogen-bond acceptors (Lipinski definition) is 4. The second-order valence-corrected chi connectivity index (χ2v) is 5.60. The van der Waals surface area contributed by atoms with Crippen molar-refractivity contribution in [3.8, 4) is 0 Å². The fraction of sp³-hybridized carbons (Fsp3) is 0.286. The van der Waals surface area contributed by atoms with Crippen LogP contribution in [0, 0.1) is 0 Å².